The van der Waals surface area contributed by atoms with Crippen LogP contribution in [0.3, 0.4) is 0 Å². The van der Waals surface area contributed by atoms with Crippen molar-refractivity contribution in [2.75, 3.05) is 31.2 Å². The maximum atomic E-state index is 11.2. The summed E-state index contributed by atoms with van der Waals surface area (Å²) in [5.41, 5.74) is 0.726. The Kier molecular flexibility index (Phi) is 5.09. The quantitative estimate of drug-likeness (QED) is 0.651. The number of hydrogen-bond acceptors (Lipinski definition) is 6. The Morgan fingerprint density at radius 3 is 3.05 bits per heavy atom. The van der Waals surface area contributed by atoms with Crippen LogP contribution in [-0.4, -0.2) is 42.4 Å². The summed E-state index contributed by atoms with van der Waals surface area (Å²) in [7, 11) is 0. The average Bonchev–Trinajstić information content (AvgIpc) is 2.52. The Morgan fingerprint density at radius 2 is 2.38 bits per heavy atom. The van der Waals surface area contributed by atoms with Crippen LogP contribution < -0.4 is 4.90 Å². The Bertz CT molecular complexity index is 556. The van der Waals surface area contributed by atoms with Crippen molar-refractivity contribution < 1.29 is 14.8 Å². The van der Waals surface area contributed by atoms with Crippen LogP contribution in [0.2, 0.25) is 0 Å². The van der Waals surface area contributed by atoms with Crippen molar-refractivity contribution in [3.05, 3.63) is 33.9 Å². The minimum Gasteiger partial charge on any atom is -0.394 e. The molecule has 0 spiro atoms. The fourth-order valence-electron chi connectivity index (χ4n) is 2.52. The molecule has 1 aromatic rings. The van der Waals surface area contributed by atoms with Crippen LogP contribution >= 0.6 is 0 Å². The number of piperidine rings is 1. The summed E-state index contributed by atoms with van der Waals surface area (Å²) >= 11 is 0. The van der Waals surface area contributed by atoms with E-state index in [2.05, 4.69) is 0 Å². The van der Waals surface area contributed by atoms with E-state index < -0.39 is 4.92 Å². The molecule has 1 aliphatic rings. The third kappa shape index (κ3) is 3.68. The molecule has 1 aliphatic heterocycles. The van der Waals surface area contributed by atoms with Crippen LogP contribution in [0.1, 0.15) is 18.4 Å². The first-order valence-electron chi connectivity index (χ1n) is 6.81. The van der Waals surface area contributed by atoms with Gasteiger partial charge >= 0.3 is 0 Å². The predicted octanol–water partition coefficient (Wildman–Crippen LogP) is 1.44. The van der Waals surface area contributed by atoms with Gasteiger partial charge in [-0.2, -0.15) is 5.26 Å². The fraction of sp³-hybridized carbons (Fsp3) is 0.500. The summed E-state index contributed by atoms with van der Waals surface area (Å²) in [6.07, 6.45) is 1.70. The molecule has 0 amide bonds. The predicted molar refractivity (Wildman–Crippen MR) is 76.1 cm³/mol. The van der Waals surface area contributed by atoms with Crippen molar-refractivity contribution in [1.82, 2.24) is 0 Å². The molecule has 0 saturated carbocycles. The van der Waals surface area contributed by atoms with E-state index in [1.165, 1.54) is 6.07 Å². The van der Waals surface area contributed by atoms with E-state index in [-0.39, 0.29) is 30.6 Å². The number of nitrogens with zero attached hydrogens (tertiary/aromatic N) is 3. The lowest BCUT2D eigenvalue weighted by Crippen LogP contribution is -2.40. The van der Waals surface area contributed by atoms with Crippen LogP contribution in [0.15, 0.2) is 18.2 Å². The first kappa shape index (κ1) is 15.2. The van der Waals surface area contributed by atoms with Crippen LogP contribution in [0.5, 0.6) is 0 Å². The lowest BCUT2D eigenvalue weighted by Gasteiger charge is -2.33. The molecule has 0 aromatic heterocycles. The minimum absolute atomic E-state index is 0.0342. The van der Waals surface area contributed by atoms with Crippen molar-refractivity contribution in [3.63, 3.8) is 0 Å². The number of ether oxygens (including phenoxy) is 1. The van der Waals surface area contributed by atoms with E-state index in [4.69, 9.17) is 15.1 Å². The van der Waals surface area contributed by atoms with Gasteiger partial charge < -0.3 is 14.7 Å². The monoisotopic (exact) mass is 291 g/mol. The molecule has 1 atom stereocenters. The van der Waals surface area contributed by atoms with Crippen LogP contribution in [0.4, 0.5) is 11.4 Å². The zero-order chi connectivity index (χ0) is 15.2. The molecular formula is C14H17N3O4. The number of benzene rings is 1. The second-order valence-corrected chi connectivity index (χ2v) is 4.88. The van der Waals surface area contributed by atoms with Crippen molar-refractivity contribution in [2.24, 2.45) is 0 Å². The van der Waals surface area contributed by atoms with Gasteiger partial charge in [-0.1, -0.05) is 0 Å². The Morgan fingerprint density at radius 1 is 1.57 bits per heavy atom. The Hall–Kier alpha value is -2.17. The molecule has 0 aliphatic carbocycles. The van der Waals surface area contributed by atoms with Gasteiger partial charge in [0.1, 0.15) is 5.69 Å². The van der Waals surface area contributed by atoms with Gasteiger partial charge in [0.25, 0.3) is 5.69 Å². The second-order valence-electron chi connectivity index (χ2n) is 4.88. The molecule has 1 N–H and O–H groups in total. The third-order valence-electron chi connectivity index (χ3n) is 3.46. The van der Waals surface area contributed by atoms with Crippen molar-refractivity contribution in [2.45, 2.75) is 18.9 Å². The number of nitro groups is 1. The molecule has 1 aromatic carbocycles. The highest BCUT2D eigenvalue weighted by atomic mass is 16.6. The summed E-state index contributed by atoms with van der Waals surface area (Å²) in [6, 6.07) is 6.41. The number of nitro benzene ring substituents is 1. The molecular weight excluding hydrogens is 274 g/mol. The van der Waals surface area contributed by atoms with Gasteiger partial charge in [-0.15, -0.1) is 0 Å². The number of aliphatic hydroxyl groups excluding tert-OH is 1. The van der Waals surface area contributed by atoms with E-state index in [9.17, 15) is 10.1 Å². The highest BCUT2D eigenvalue weighted by molar-refractivity contribution is 5.65. The normalized spacial score (nSPS) is 18.3. The lowest BCUT2D eigenvalue weighted by atomic mass is 10.1. The number of aliphatic hydroxyl groups is 1. The summed E-state index contributed by atoms with van der Waals surface area (Å²) in [6.45, 7) is 1.50. The molecule has 0 bridgehead atoms. The van der Waals surface area contributed by atoms with Gasteiger partial charge in [-0.05, 0) is 25.0 Å². The van der Waals surface area contributed by atoms with Gasteiger partial charge in [0, 0.05) is 19.2 Å². The molecule has 7 nitrogen and oxygen atoms in total. The molecule has 7 heteroatoms. The number of rotatable bonds is 5. The largest absolute Gasteiger partial charge is 0.394 e. The molecule has 0 radical (unpaired) electrons. The topological polar surface area (TPSA) is 99.6 Å². The first-order valence-corrected chi connectivity index (χ1v) is 6.81. The van der Waals surface area contributed by atoms with Crippen LogP contribution in [-0.2, 0) is 4.74 Å². The summed E-state index contributed by atoms with van der Waals surface area (Å²) < 4.78 is 5.52. The van der Waals surface area contributed by atoms with Crippen molar-refractivity contribution in [3.8, 4) is 6.07 Å². The van der Waals surface area contributed by atoms with E-state index in [0.717, 1.165) is 12.8 Å². The maximum absolute atomic E-state index is 11.2. The molecule has 1 heterocycles. The molecule has 1 fully saturated rings. The molecule has 2 rings (SSSR count). The van der Waals surface area contributed by atoms with E-state index in [1.54, 1.807) is 12.1 Å². The molecule has 21 heavy (non-hydrogen) atoms. The highest BCUT2D eigenvalue weighted by Gasteiger charge is 2.26. The first-order chi connectivity index (χ1) is 10.2. The lowest BCUT2D eigenvalue weighted by molar-refractivity contribution is -0.384. The Balaban J connectivity index is 2.20. The van der Waals surface area contributed by atoms with E-state index in [0.29, 0.717) is 18.8 Å². The van der Waals surface area contributed by atoms with Crippen LogP contribution in [0, 0.1) is 21.4 Å². The number of nitriles is 1. The van der Waals surface area contributed by atoms with E-state index >= 15 is 0 Å². The van der Waals surface area contributed by atoms with Gasteiger partial charge in [-0.3, -0.25) is 10.1 Å². The highest BCUT2D eigenvalue weighted by Crippen LogP contribution is 2.31. The third-order valence-corrected chi connectivity index (χ3v) is 3.46. The summed E-state index contributed by atoms with van der Waals surface area (Å²) in [5, 5.41) is 28.8. The van der Waals surface area contributed by atoms with Gasteiger partial charge in [-0.25, -0.2) is 0 Å². The van der Waals surface area contributed by atoms with Crippen LogP contribution in [0.25, 0.3) is 0 Å². The second kappa shape index (κ2) is 7.02. The van der Waals surface area contributed by atoms with E-state index in [1.807, 2.05) is 11.0 Å². The number of anilines is 1. The number of hydrogen-bond donors (Lipinski definition) is 1. The molecule has 1 saturated heterocycles. The summed E-state index contributed by atoms with van der Waals surface area (Å²) in [5.74, 6) is 0. The maximum Gasteiger partial charge on any atom is 0.293 e. The minimum atomic E-state index is -0.464. The standard InChI is InChI=1S/C14H17N3O4/c15-9-11-3-4-13(14(8-11)17(19)20)16-5-1-2-12(10-16)21-7-6-18/h3-4,8,12,18H,1-2,5-7,10H2. The zero-order valence-corrected chi connectivity index (χ0v) is 11.6. The summed E-state index contributed by atoms with van der Waals surface area (Å²) in [4.78, 5) is 12.6. The Labute approximate surface area is 122 Å². The molecule has 1 unspecified atom stereocenters. The van der Waals surface area contributed by atoms with Gasteiger partial charge in [0.05, 0.1) is 35.9 Å². The fourth-order valence-corrected chi connectivity index (χ4v) is 2.52. The van der Waals surface area contributed by atoms with Crippen molar-refractivity contribution >= 4 is 11.4 Å². The molecule has 112 valence electrons. The zero-order valence-electron chi connectivity index (χ0n) is 11.6. The smallest absolute Gasteiger partial charge is 0.293 e. The van der Waals surface area contributed by atoms with Gasteiger partial charge in [0.2, 0.25) is 0 Å². The SMILES string of the molecule is N#Cc1ccc(N2CCCC(OCCO)C2)c([N+](=O)[O-])c1. The average molecular weight is 291 g/mol. The van der Waals surface area contributed by atoms with Crippen molar-refractivity contribution in [1.29, 1.82) is 5.26 Å². The van der Waals surface area contributed by atoms with Gasteiger partial charge in [0.15, 0.2) is 0 Å².